The van der Waals surface area contributed by atoms with Crippen LogP contribution in [-0.4, -0.2) is 16.4 Å². The molecule has 0 aliphatic rings. The van der Waals surface area contributed by atoms with E-state index < -0.39 is 0 Å². The molecule has 19 heavy (non-hydrogen) atoms. The van der Waals surface area contributed by atoms with Gasteiger partial charge in [0.25, 0.3) is 0 Å². The summed E-state index contributed by atoms with van der Waals surface area (Å²) in [4.78, 5) is 4.45. The summed E-state index contributed by atoms with van der Waals surface area (Å²) >= 11 is 3.48. The molecule has 0 unspecified atom stereocenters. The third-order valence-electron chi connectivity index (χ3n) is 2.72. The molecule has 0 fully saturated rings. The van der Waals surface area contributed by atoms with Crippen LogP contribution in [-0.2, 0) is 0 Å². The summed E-state index contributed by atoms with van der Waals surface area (Å²) < 4.78 is 6.65. The molecule has 4 nitrogen and oxygen atoms in total. The van der Waals surface area contributed by atoms with E-state index in [0.29, 0.717) is 11.5 Å². The van der Waals surface area contributed by atoms with Crippen LogP contribution >= 0.6 is 15.9 Å². The van der Waals surface area contributed by atoms with E-state index in [0.717, 1.165) is 21.1 Å². The van der Waals surface area contributed by atoms with E-state index in [1.165, 1.54) is 6.21 Å². The average molecular weight is 317 g/mol. The van der Waals surface area contributed by atoms with Crippen molar-refractivity contribution in [3.8, 4) is 11.5 Å². The van der Waals surface area contributed by atoms with Crippen molar-refractivity contribution in [2.75, 3.05) is 0 Å². The summed E-state index contributed by atoms with van der Waals surface area (Å²) in [6, 6.07) is 13.2. The van der Waals surface area contributed by atoms with E-state index in [2.05, 4.69) is 26.1 Å². The molecule has 94 valence electrons. The smallest absolute Gasteiger partial charge is 0.228 e. The molecule has 0 saturated heterocycles. The van der Waals surface area contributed by atoms with Crippen LogP contribution in [0.25, 0.3) is 22.6 Å². The zero-order valence-electron chi connectivity index (χ0n) is 9.75. The van der Waals surface area contributed by atoms with E-state index in [-0.39, 0.29) is 0 Å². The van der Waals surface area contributed by atoms with Crippen molar-refractivity contribution in [3.63, 3.8) is 0 Å². The number of oxazole rings is 1. The molecule has 1 heterocycles. The lowest BCUT2D eigenvalue weighted by Gasteiger charge is -1.97. The Hall–Kier alpha value is -2.14. The number of aromatic nitrogens is 1. The number of halogens is 1. The molecule has 0 bridgehead atoms. The second-order valence-electron chi connectivity index (χ2n) is 3.97. The minimum atomic E-state index is 0.556. The lowest BCUT2D eigenvalue weighted by molar-refractivity contribution is 0.322. The lowest BCUT2D eigenvalue weighted by Crippen LogP contribution is -1.80. The van der Waals surface area contributed by atoms with Gasteiger partial charge in [0, 0.05) is 4.47 Å². The van der Waals surface area contributed by atoms with E-state index in [1.807, 2.05) is 24.3 Å². The monoisotopic (exact) mass is 316 g/mol. The Kier molecular flexibility index (Phi) is 3.05. The minimum absolute atomic E-state index is 0.556. The van der Waals surface area contributed by atoms with Crippen LogP contribution in [0.2, 0.25) is 0 Å². The fourth-order valence-corrected chi connectivity index (χ4v) is 2.30. The van der Waals surface area contributed by atoms with Crippen molar-refractivity contribution in [2.45, 2.75) is 0 Å². The molecule has 0 aliphatic carbocycles. The van der Waals surface area contributed by atoms with Crippen LogP contribution in [0.15, 0.2) is 56.5 Å². The molecule has 0 saturated carbocycles. The highest BCUT2D eigenvalue weighted by atomic mass is 79.9. The van der Waals surface area contributed by atoms with Gasteiger partial charge in [-0.15, -0.1) is 0 Å². The molecule has 2 aromatic carbocycles. The van der Waals surface area contributed by atoms with Crippen molar-refractivity contribution in [1.82, 2.24) is 4.98 Å². The molecule has 3 aromatic rings. The zero-order valence-corrected chi connectivity index (χ0v) is 11.3. The summed E-state index contributed by atoms with van der Waals surface area (Å²) in [5, 5.41) is 11.5. The van der Waals surface area contributed by atoms with Gasteiger partial charge in [-0.3, -0.25) is 0 Å². The first kappa shape index (κ1) is 11.9. The van der Waals surface area contributed by atoms with Gasteiger partial charge >= 0.3 is 0 Å². The Morgan fingerprint density at radius 1 is 1.21 bits per heavy atom. The van der Waals surface area contributed by atoms with Crippen molar-refractivity contribution in [1.29, 1.82) is 0 Å². The van der Waals surface area contributed by atoms with Crippen LogP contribution < -0.4 is 0 Å². The van der Waals surface area contributed by atoms with Crippen molar-refractivity contribution in [3.05, 3.63) is 52.5 Å². The molecule has 1 aromatic heterocycles. The first-order chi connectivity index (χ1) is 9.28. The van der Waals surface area contributed by atoms with E-state index in [9.17, 15) is 0 Å². The Morgan fingerprint density at radius 3 is 2.84 bits per heavy atom. The maximum absolute atomic E-state index is 8.53. The average Bonchev–Trinajstić information content (AvgIpc) is 2.82. The highest BCUT2D eigenvalue weighted by molar-refractivity contribution is 9.10. The number of hydrogen-bond donors (Lipinski definition) is 1. The number of benzene rings is 2. The normalized spacial score (nSPS) is 11.4. The molecule has 5 heteroatoms. The van der Waals surface area contributed by atoms with Gasteiger partial charge in [0.1, 0.15) is 5.52 Å². The highest BCUT2D eigenvalue weighted by Gasteiger charge is 2.10. The van der Waals surface area contributed by atoms with Gasteiger partial charge in [-0.05, 0) is 51.8 Å². The Balaban J connectivity index is 2.14. The number of rotatable bonds is 2. The lowest BCUT2D eigenvalue weighted by atomic mass is 10.2. The third kappa shape index (κ3) is 2.24. The predicted molar refractivity (Wildman–Crippen MR) is 76.5 cm³/mol. The van der Waals surface area contributed by atoms with Gasteiger partial charge in [-0.25, -0.2) is 4.98 Å². The Morgan fingerprint density at radius 2 is 2.05 bits per heavy atom. The van der Waals surface area contributed by atoms with E-state index in [1.54, 1.807) is 18.2 Å². The fraction of sp³-hybridized carbons (Fsp3) is 0. The summed E-state index contributed by atoms with van der Waals surface area (Å²) in [6.45, 7) is 0. The number of fused-ring (bicyclic) bond motifs is 1. The topological polar surface area (TPSA) is 58.6 Å². The van der Waals surface area contributed by atoms with Crippen LogP contribution in [0.3, 0.4) is 0 Å². The zero-order chi connectivity index (χ0) is 13.2. The van der Waals surface area contributed by atoms with Gasteiger partial charge < -0.3 is 9.62 Å². The SMILES string of the molecule is ON=Cc1ccc2oc(-c3ccccc3Br)nc2c1. The predicted octanol–water partition coefficient (Wildman–Crippen LogP) is 4.07. The van der Waals surface area contributed by atoms with Gasteiger partial charge in [0.2, 0.25) is 5.89 Å². The van der Waals surface area contributed by atoms with Gasteiger partial charge in [-0.1, -0.05) is 17.3 Å². The first-order valence-electron chi connectivity index (χ1n) is 5.61. The maximum atomic E-state index is 8.53. The third-order valence-corrected chi connectivity index (χ3v) is 3.41. The molecule has 3 rings (SSSR count). The van der Waals surface area contributed by atoms with Crippen molar-refractivity contribution < 1.29 is 9.62 Å². The maximum Gasteiger partial charge on any atom is 0.228 e. The largest absolute Gasteiger partial charge is 0.436 e. The first-order valence-corrected chi connectivity index (χ1v) is 6.40. The molecule has 0 spiro atoms. The molecule has 1 N–H and O–H groups in total. The molecular formula is C14H9BrN2O2. The standard InChI is InChI=1S/C14H9BrN2O2/c15-11-4-2-1-3-10(11)14-17-12-7-9(8-16-18)5-6-13(12)19-14/h1-8,18H. The molecule has 0 aliphatic heterocycles. The Labute approximate surface area is 117 Å². The highest BCUT2D eigenvalue weighted by Crippen LogP contribution is 2.30. The number of nitrogens with zero attached hydrogens (tertiary/aromatic N) is 2. The molecule has 0 amide bonds. The van der Waals surface area contributed by atoms with Crippen molar-refractivity contribution >= 4 is 33.2 Å². The van der Waals surface area contributed by atoms with Crippen LogP contribution in [0, 0.1) is 0 Å². The van der Waals surface area contributed by atoms with Crippen molar-refractivity contribution in [2.24, 2.45) is 5.16 Å². The van der Waals surface area contributed by atoms with Crippen LogP contribution in [0.4, 0.5) is 0 Å². The summed E-state index contributed by atoms with van der Waals surface area (Å²) in [6.07, 6.45) is 1.35. The molecular weight excluding hydrogens is 308 g/mol. The number of hydrogen-bond acceptors (Lipinski definition) is 4. The minimum Gasteiger partial charge on any atom is -0.436 e. The summed E-state index contributed by atoms with van der Waals surface area (Å²) in [5.74, 6) is 0.556. The van der Waals surface area contributed by atoms with Gasteiger partial charge in [0.15, 0.2) is 5.58 Å². The second-order valence-corrected chi connectivity index (χ2v) is 4.82. The van der Waals surface area contributed by atoms with E-state index >= 15 is 0 Å². The molecule has 0 radical (unpaired) electrons. The quantitative estimate of drug-likeness (QED) is 0.440. The number of oxime groups is 1. The fourth-order valence-electron chi connectivity index (χ4n) is 1.84. The van der Waals surface area contributed by atoms with Gasteiger partial charge in [0.05, 0.1) is 11.8 Å². The Bertz CT molecular complexity index is 765. The second kappa shape index (κ2) is 4.85. The summed E-state index contributed by atoms with van der Waals surface area (Å²) in [5.41, 5.74) is 3.09. The van der Waals surface area contributed by atoms with Crippen LogP contribution in [0.5, 0.6) is 0 Å². The molecule has 0 atom stereocenters. The van der Waals surface area contributed by atoms with Gasteiger partial charge in [-0.2, -0.15) is 0 Å². The van der Waals surface area contributed by atoms with Crippen LogP contribution in [0.1, 0.15) is 5.56 Å². The summed E-state index contributed by atoms with van der Waals surface area (Å²) in [7, 11) is 0. The van der Waals surface area contributed by atoms with E-state index in [4.69, 9.17) is 9.62 Å².